The lowest BCUT2D eigenvalue weighted by atomic mass is 9.98. The zero-order chi connectivity index (χ0) is 14.1. The fourth-order valence-corrected chi connectivity index (χ4v) is 3.15. The Morgan fingerprint density at radius 3 is 2.95 bits per heavy atom. The van der Waals surface area contributed by atoms with Crippen LogP contribution in [0.4, 0.5) is 5.69 Å². The number of tetrazole rings is 1. The van der Waals surface area contributed by atoms with Crippen LogP contribution >= 0.6 is 11.6 Å². The number of halogens is 1. The third kappa shape index (κ3) is 2.50. The summed E-state index contributed by atoms with van der Waals surface area (Å²) in [6.07, 6.45) is 3.84. The Kier molecular flexibility index (Phi) is 3.61. The van der Waals surface area contributed by atoms with Gasteiger partial charge in [-0.3, -0.25) is 0 Å². The topological polar surface area (TPSA) is 69.6 Å². The van der Waals surface area contributed by atoms with Crippen LogP contribution in [0.25, 0.3) is 11.4 Å². The van der Waals surface area contributed by atoms with Crippen LogP contribution in [0.5, 0.6) is 0 Å². The van der Waals surface area contributed by atoms with Crippen molar-refractivity contribution in [2.24, 2.45) is 11.8 Å². The average molecular weight is 292 g/mol. The first-order chi connectivity index (χ1) is 9.65. The second kappa shape index (κ2) is 5.40. The van der Waals surface area contributed by atoms with Crippen molar-refractivity contribution >= 4 is 17.3 Å². The molecular formula is C14H18ClN5. The van der Waals surface area contributed by atoms with E-state index in [0.717, 1.165) is 23.9 Å². The lowest BCUT2D eigenvalue weighted by Gasteiger charge is -2.16. The third-order valence-electron chi connectivity index (χ3n) is 4.23. The largest absolute Gasteiger partial charge is 0.398 e. The van der Waals surface area contributed by atoms with E-state index in [0.29, 0.717) is 16.6 Å². The molecule has 20 heavy (non-hydrogen) atoms. The monoisotopic (exact) mass is 291 g/mol. The predicted octanol–water partition coefficient (Wildman–Crippen LogP) is 3.01. The third-order valence-corrected chi connectivity index (χ3v) is 4.47. The van der Waals surface area contributed by atoms with Gasteiger partial charge in [0.05, 0.1) is 0 Å². The van der Waals surface area contributed by atoms with Crippen LogP contribution in [0.1, 0.15) is 26.2 Å². The summed E-state index contributed by atoms with van der Waals surface area (Å²) in [7, 11) is 0. The molecule has 106 valence electrons. The molecule has 2 aromatic rings. The molecule has 0 amide bonds. The molecule has 1 heterocycles. The summed E-state index contributed by atoms with van der Waals surface area (Å²) in [5, 5.41) is 12.7. The van der Waals surface area contributed by atoms with E-state index in [9.17, 15) is 0 Å². The SMILES string of the molecule is CC1CCCC1Cn1nnnc1-c1ccc(Cl)cc1N. The van der Waals surface area contributed by atoms with E-state index in [4.69, 9.17) is 17.3 Å². The van der Waals surface area contributed by atoms with Crippen LogP contribution < -0.4 is 5.73 Å². The summed E-state index contributed by atoms with van der Waals surface area (Å²) in [6, 6.07) is 5.41. The van der Waals surface area contributed by atoms with Crippen molar-refractivity contribution in [1.29, 1.82) is 0 Å². The maximum Gasteiger partial charge on any atom is 0.184 e. The summed E-state index contributed by atoms with van der Waals surface area (Å²) in [5.41, 5.74) is 7.47. The highest BCUT2D eigenvalue weighted by atomic mass is 35.5. The second-order valence-electron chi connectivity index (χ2n) is 5.58. The number of anilines is 1. The van der Waals surface area contributed by atoms with Gasteiger partial charge in [-0.25, -0.2) is 4.68 Å². The summed E-state index contributed by atoms with van der Waals surface area (Å²) in [6.45, 7) is 3.16. The van der Waals surface area contributed by atoms with Gasteiger partial charge in [0.1, 0.15) is 0 Å². The number of nitrogens with zero attached hydrogens (tertiary/aromatic N) is 4. The summed E-state index contributed by atoms with van der Waals surface area (Å²) < 4.78 is 1.87. The molecule has 3 rings (SSSR count). The maximum atomic E-state index is 6.02. The van der Waals surface area contributed by atoms with Crippen molar-refractivity contribution in [2.45, 2.75) is 32.7 Å². The zero-order valence-corrected chi connectivity index (χ0v) is 12.2. The molecule has 2 atom stereocenters. The van der Waals surface area contributed by atoms with Crippen LogP contribution in [-0.2, 0) is 6.54 Å². The second-order valence-corrected chi connectivity index (χ2v) is 6.02. The molecular weight excluding hydrogens is 274 g/mol. The Bertz CT molecular complexity index is 609. The van der Waals surface area contributed by atoms with Crippen molar-refractivity contribution in [1.82, 2.24) is 20.2 Å². The maximum absolute atomic E-state index is 6.02. The van der Waals surface area contributed by atoms with Gasteiger partial charge in [0.15, 0.2) is 5.82 Å². The van der Waals surface area contributed by atoms with E-state index < -0.39 is 0 Å². The Morgan fingerprint density at radius 1 is 1.40 bits per heavy atom. The van der Waals surface area contributed by atoms with Crippen molar-refractivity contribution < 1.29 is 0 Å². The molecule has 1 aliphatic rings. The van der Waals surface area contributed by atoms with Crippen molar-refractivity contribution in [2.75, 3.05) is 5.73 Å². The fourth-order valence-electron chi connectivity index (χ4n) is 2.97. The quantitative estimate of drug-likeness (QED) is 0.883. The van der Waals surface area contributed by atoms with Crippen molar-refractivity contribution in [3.63, 3.8) is 0 Å². The Morgan fingerprint density at radius 2 is 2.25 bits per heavy atom. The van der Waals surface area contributed by atoms with Gasteiger partial charge >= 0.3 is 0 Å². The molecule has 6 heteroatoms. The van der Waals surface area contributed by atoms with Gasteiger partial charge in [-0.15, -0.1) is 5.10 Å². The Hall–Kier alpha value is -1.62. The first-order valence-electron chi connectivity index (χ1n) is 6.96. The van der Waals surface area contributed by atoms with Crippen LogP contribution in [-0.4, -0.2) is 20.2 Å². The molecule has 2 unspecified atom stereocenters. The average Bonchev–Trinajstić information content (AvgIpc) is 3.01. The number of nitrogen functional groups attached to an aromatic ring is 1. The van der Waals surface area contributed by atoms with Gasteiger partial charge in [-0.05, 0) is 46.9 Å². The van der Waals surface area contributed by atoms with Gasteiger partial charge in [0, 0.05) is 22.8 Å². The minimum Gasteiger partial charge on any atom is -0.398 e. The van der Waals surface area contributed by atoms with Crippen LogP contribution in [0, 0.1) is 11.8 Å². The van der Waals surface area contributed by atoms with Gasteiger partial charge in [-0.1, -0.05) is 31.4 Å². The van der Waals surface area contributed by atoms with E-state index >= 15 is 0 Å². The van der Waals surface area contributed by atoms with E-state index in [1.165, 1.54) is 19.3 Å². The molecule has 1 aliphatic carbocycles. The van der Waals surface area contributed by atoms with Crippen molar-refractivity contribution in [3.8, 4) is 11.4 Å². The normalized spacial score (nSPS) is 22.3. The highest BCUT2D eigenvalue weighted by molar-refractivity contribution is 6.31. The van der Waals surface area contributed by atoms with E-state index in [2.05, 4.69) is 22.4 Å². The molecule has 0 radical (unpaired) electrons. The number of nitrogens with two attached hydrogens (primary N) is 1. The number of hydrogen-bond acceptors (Lipinski definition) is 4. The molecule has 2 N–H and O–H groups in total. The van der Waals surface area contributed by atoms with Crippen molar-refractivity contribution in [3.05, 3.63) is 23.2 Å². The van der Waals surface area contributed by atoms with Gasteiger partial charge in [0.2, 0.25) is 0 Å². The van der Waals surface area contributed by atoms with Crippen LogP contribution in [0.15, 0.2) is 18.2 Å². The van der Waals surface area contributed by atoms with Crippen LogP contribution in [0.3, 0.4) is 0 Å². The molecule has 1 aromatic heterocycles. The highest BCUT2D eigenvalue weighted by Gasteiger charge is 2.25. The predicted molar refractivity (Wildman–Crippen MR) is 79.2 cm³/mol. The molecule has 0 aliphatic heterocycles. The molecule has 1 aromatic carbocycles. The number of rotatable bonds is 3. The number of benzene rings is 1. The fraction of sp³-hybridized carbons (Fsp3) is 0.500. The lowest BCUT2D eigenvalue weighted by Crippen LogP contribution is -2.15. The van der Waals surface area contributed by atoms with Gasteiger partial charge in [-0.2, -0.15) is 0 Å². The first kappa shape index (κ1) is 13.4. The smallest absolute Gasteiger partial charge is 0.184 e. The number of aromatic nitrogens is 4. The minimum atomic E-state index is 0.605. The van der Waals surface area contributed by atoms with E-state index in [1.54, 1.807) is 6.07 Å². The molecule has 5 nitrogen and oxygen atoms in total. The summed E-state index contributed by atoms with van der Waals surface area (Å²) >= 11 is 5.94. The van der Waals surface area contributed by atoms with Gasteiger partial charge < -0.3 is 5.73 Å². The van der Waals surface area contributed by atoms with Gasteiger partial charge in [0.25, 0.3) is 0 Å². The summed E-state index contributed by atoms with van der Waals surface area (Å²) in [5.74, 6) is 2.10. The summed E-state index contributed by atoms with van der Waals surface area (Å²) in [4.78, 5) is 0. The van der Waals surface area contributed by atoms with Crippen LogP contribution in [0.2, 0.25) is 5.02 Å². The molecule has 0 bridgehead atoms. The van der Waals surface area contributed by atoms with E-state index in [-0.39, 0.29) is 0 Å². The Labute approximate surface area is 123 Å². The standard InChI is InChI=1S/C14H18ClN5/c1-9-3-2-4-10(9)8-20-14(17-18-19-20)12-6-5-11(15)7-13(12)16/h5-7,9-10H,2-4,8,16H2,1H3. The minimum absolute atomic E-state index is 0.605. The molecule has 0 saturated heterocycles. The molecule has 0 spiro atoms. The first-order valence-corrected chi connectivity index (χ1v) is 7.34. The number of hydrogen-bond donors (Lipinski definition) is 1. The molecule has 1 fully saturated rings. The Balaban J connectivity index is 1.89. The zero-order valence-electron chi connectivity index (χ0n) is 11.5. The molecule has 1 saturated carbocycles. The highest BCUT2D eigenvalue weighted by Crippen LogP contribution is 2.33. The lowest BCUT2D eigenvalue weighted by molar-refractivity contribution is 0.346. The van der Waals surface area contributed by atoms with E-state index in [1.807, 2.05) is 16.8 Å².